The van der Waals surface area contributed by atoms with Crippen LogP contribution < -0.4 is 5.32 Å². The molecule has 1 N–H and O–H groups in total. The molecule has 0 unspecified atom stereocenters. The van der Waals surface area contributed by atoms with Gasteiger partial charge in [0.2, 0.25) is 0 Å². The highest BCUT2D eigenvalue weighted by atomic mass is 15.3. The number of rotatable bonds is 6. The highest BCUT2D eigenvalue weighted by molar-refractivity contribution is 5.04. The number of imidazole rings is 1. The molecule has 1 fully saturated rings. The van der Waals surface area contributed by atoms with Gasteiger partial charge in [-0.25, -0.2) is 4.98 Å². The van der Waals surface area contributed by atoms with Crippen molar-refractivity contribution in [3.05, 3.63) is 36.2 Å². The second-order valence-corrected chi connectivity index (χ2v) is 6.23. The standard InChI is InChI=1S/C16H25N5/c1-13(2)18-11-16-17-8-10-20(16)12-14-7-9-21(19-14)15-5-3-4-6-15/h7-10,13,15,18H,3-6,11-12H2,1-2H3. The van der Waals surface area contributed by atoms with Crippen LogP contribution in [-0.2, 0) is 13.1 Å². The first-order chi connectivity index (χ1) is 10.2. The van der Waals surface area contributed by atoms with Crippen LogP contribution in [0, 0.1) is 0 Å². The molecule has 0 bridgehead atoms. The van der Waals surface area contributed by atoms with Crippen molar-refractivity contribution >= 4 is 0 Å². The Hall–Kier alpha value is -1.62. The molecule has 114 valence electrons. The topological polar surface area (TPSA) is 47.7 Å². The van der Waals surface area contributed by atoms with Crippen molar-refractivity contribution in [1.29, 1.82) is 0 Å². The van der Waals surface area contributed by atoms with Crippen molar-refractivity contribution in [3.8, 4) is 0 Å². The molecule has 2 heterocycles. The number of hydrogen-bond acceptors (Lipinski definition) is 3. The summed E-state index contributed by atoms with van der Waals surface area (Å²) in [5, 5.41) is 8.17. The van der Waals surface area contributed by atoms with Crippen LogP contribution in [0.5, 0.6) is 0 Å². The fourth-order valence-corrected chi connectivity index (χ4v) is 2.96. The molecule has 5 heteroatoms. The van der Waals surface area contributed by atoms with E-state index in [0.717, 1.165) is 24.6 Å². The lowest BCUT2D eigenvalue weighted by molar-refractivity contribution is 0.461. The summed E-state index contributed by atoms with van der Waals surface area (Å²) < 4.78 is 4.34. The van der Waals surface area contributed by atoms with Crippen LogP contribution in [0.3, 0.4) is 0 Å². The predicted molar refractivity (Wildman–Crippen MR) is 83.0 cm³/mol. The largest absolute Gasteiger partial charge is 0.328 e. The fourth-order valence-electron chi connectivity index (χ4n) is 2.96. The fraction of sp³-hybridized carbons (Fsp3) is 0.625. The predicted octanol–water partition coefficient (Wildman–Crippen LogP) is 2.74. The molecule has 0 radical (unpaired) electrons. The molecule has 0 aliphatic heterocycles. The second-order valence-electron chi connectivity index (χ2n) is 6.23. The zero-order valence-corrected chi connectivity index (χ0v) is 13.0. The quantitative estimate of drug-likeness (QED) is 0.888. The highest BCUT2D eigenvalue weighted by Crippen LogP contribution is 2.28. The Labute approximate surface area is 126 Å². The molecule has 5 nitrogen and oxygen atoms in total. The van der Waals surface area contributed by atoms with Crippen molar-refractivity contribution in [2.75, 3.05) is 0 Å². The molecule has 2 aromatic heterocycles. The molecule has 0 aromatic carbocycles. The van der Waals surface area contributed by atoms with E-state index in [1.165, 1.54) is 25.7 Å². The molecule has 0 amide bonds. The van der Waals surface area contributed by atoms with Crippen LogP contribution in [0.2, 0.25) is 0 Å². The number of nitrogens with zero attached hydrogens (tertiary/aromatic N) is 4. The first-order valence-corrected chi connectivity index (χ1v) is 8.00. The summed E-state index contributed by atoms with van der Waals surface area (Å²) in [6.45, 7) is 5.90. The van der Waals surface area contributed by atoms with E-state index in [4.69, 9.17) is 5.10 Å². The van der Waals surface area contributed by atoms with Crippen LogP contribution in [0.1, 0.15) is 57.1 Å². The molecule has 1 saturated carbocycles. The third kappa shape index (κ3) is 3.53. The lowest BCUT2D eigenvalue weighted by atomic mass is 10.3. The Morgan fingerprint density at radius 3 is 2.86 bits per heavy atom. The van der Waals surface area contributed by atoms with E-state index in [0.29, 0.717) is 12.1 Å². The van der Waals surface area contributed by atoms with Gasteiger partial charge in [0.1, 0.15) is 5.82 Å². The zero-order valence-electron chi connectivity index (χ0n) is 13.0. The Morgan fingerprint density at radius 2 is 2.10 bits per heavy atom. The first kappa shape index (κ1) is 14.3. The van der Waals surface area contributed by atoms with Crippen molar-refractivity contribution in [1.82, 2.24) is 24.6 Å². The summed E-state index contributed by atoms with van der Waals surface area (Å²) >= 11 is 0. The van der Waals surface area contributed by atoms with E-state index in [1.807, 2.05) is 12.4 Å². The maximum absolute atomic E-state index is 4.75. The van der Waals surface area contributed by atoms with Crippen molar-refractivity contribution in [2.24, 2.45) is 0 Å². The minimum Gasteiger partial charge on any atom is -0.328 e. The van der Waals surface area contributed by atoms with Gasteiger partial charge in [0.25, 0.3) is 0 Å². The third-order valence-corrected chi connectivity index (χ3v) is 4.16. The molecule has 1 aliphatic carbocycles. The van der Waals surface area contributed by atoms with Crippen LogP contribution in [0.25, 0.3) is 0 Å². The molecule has 2 aromatic rings. The van der Waals surface area contributed by atoms with Gasteiger partial charge in [-0.05, 0) is 18.9 Å². The second kappa shape index (κ2) is 6.43. The summed E-state index contributed by atoms with van der Waals surface area (Å²) in [5.74, 6) is 1.07. The Bertz CT molecular complexity index is 563. The summed E-state index contributed by atoms with van der Waals surface area (Å²) in [6, 6.07) is 3.22. The Kier molecular flexibility index (Phi) is 4.39. The lowest BCUT2D eigenvalue weighted by Crippen LogP contribution is -2.24. The summed E-state index contributed by atoms with van der Waals surface area (Å²) in [4.78, 5) is 4.43. The van der Waals surface area contributed by atoms with Crippen LogP contribution in [-0.4, -0.2) is 25.4 Å². The molecule has 0 atom stereocenters. The molecular weight excluding hydrogens is 262 g/mol. The number of nitrogens with one attached hydrogen (secondary N) is 1. The minimum absolute atomic E-state index is 0.469. The van der Waals surface area contributed by atoms with Gasteiger partial charge in [-0.2, -0.15) is 5.10 Å². The van der Waals surface area contributed by atoms with Crippen molar-refractivity contribution < 1.29 is 0 Å². The summed E-state index contributed by atoms with van der Waals surface area (Å²) in [6.07, 6.45) is 11.3. The smallest absolute Gasteiger partial charge is 0.123 e. The van der Waals surface area contributed by atoms with Crippen LogP contribution >= 0.6 is 0 Å². The van der Waals surface area contributed by atoms with E-state index in [1.54, 1.807) is 0 Å². The minimum atomic E-state index is 0.469. The highest BCUT2D eigenvalue weighted by Gasteiger charge is 2.17. The monoisotopic (exact) mass is 287 g/mol. The molecule has 1 aliphatic rings. The molecular formula is C16H25N5. The van der Waals surface area contributed by atoms with E-state index in [9.17, 15) is 0 Å². The van der Waals surface area contributed by atoms with E-state index in [2.05, 4.69) is 45.7 Å². The first-order valence-electron chi connectivity index (χ1n) is 8.00. The molecule has 0 saturated heterocycles. The van der Waals surface area contributed by atoms with Crippen molar-refractivity contribution in [2.45, 2.75) is 64.7 Å². The third-order valence-electron chi connectivity index (χ3n) is 4.16. The maximum atomic E-state index is 4.75. The summed E-state index contributed by atoms with van der Waals surface area (Å²) in [7, 11) is 0. The van der Waals surface area contributed by atoms with Gasteiger partial charge < -0.3 is 9.88 Å². The zero-order chi connectivity index (χ0) is 14.7. The van der Waals surface area contributed by atoms with E-state index >= 15 is 0 Å². The number of aromatic nitrogens is 4. The normalized spacial score (nSPS) is 16.1. The Balaban J connectivity index is 1.65. The van der Waals surface area contributed by atoms with Gasteiger partial charge in [0.15, 0.2) is 0 Å². The van der Waals surface area contributed by atoms with Crippen LogP contribution in [0.4, 0.5) is 0 Å². The van der Waals surface area contributed by atoms with Gasteiger partial charge in [0, 0.05) is 24.6 Å². The SMILES string of the molecule is CC(C)NCc1nccn1Cc1ccn(C2CCCC2)n1. The van der Waals surface area contributed by atoms with Crippen molar-refractivity contribution in [3.63, 3.8) is 0 Å². The van der Waals surface area contributed by atoms with Gasteiger partial charge in [-0.15, -0.1) is 0 Å². The van der Waals surface area contributed by atoms with Gasteiger partial charge in [-0.3, -0.25) is 4.68 Å². The van der Waals surface area contributed by atoms with E-state index < -0.39 is 0 Å². The van der Waals surface area contributed by atoms with Gasteiger partial charge in [0.05, 0.1) is 24.8 Å². The van der Waals surface area contributed by atoms with Gasteiger partial charge >= 0.3 is 0 Å². The van der Waals surface area contributed by atoms with E-state index in [-0.39, 0.29) is 0 Å². The van der Waals surface area contributed by atoms with Crippen LogP contribution in [0.15, 0.2) is 24.7 Å². The lowest BCUT2D eigenvalue weighted by Gasteiger charge is -2.11. The molecule has 0 spiro atoms. The average molecular weight is 287 g/mol. The summed E-state index contributed by atoms with van der Waals surface area (Å²) in [5.41, 5.74) is 1.12. The van der Waals surface area contributed by atoms with Gasteiger partial charge in [-0.1, -0.05) is 26.7 Å². The Morgan fingerprint density at radius 1 is 1.29 bits per heavy atom. The average Bonchev–Trinajstić information content (AvgIpc) is 3.18. The maximum Gasteiger partial charge on any atom is 0.123 e. The molecule has 3 rings (SSSR count). The molecule has 21 heavy (non-hydrogen) atoms. The number of hydrogen-bond donors (Lipinski definition) is 1.